The molecule has 2 amide bonds. The predicted molar refractivity (Wildman–Crippen MR) is 481 cm³/mol. The molecule has 0 radical (unpaired) electrons. The van der Waals surface area contributed by atoms with Crippen LogP contribution in [0.1, 0.15) is 137 Å². The van der Waals surface area contributed by atoms with Gasteiger partial charge in [-0.2, -0.15) is 30.2 Å². The lowest BCUT2D eigenvalue weighted by atomic mass is 10.1. The summed E-state index contributed by atoms with van der Waals surface area (Å²) < 4.78 is 101. The van der Waals surface area contributed by atoms with Crippen molar-refractivity contribution in [3.63, 3.8) is 0 Å². The summed E-state index contributed by atoms with van der Waals surface area (Å²) in [6.07, 6.45) is 4.98. The van der Waals surface area contributed by atoms with Gasteiger partial charge in [0, 0.05) is 117 Å². The second kappa shape index (κ2) is 50.8. The van der Waals surface area contributed by atoms with Crippen LogP contribution in [0.25, 0.3) is 44.1 Å². The van der Waals surface area contributed by atoms with Gasteiger partial charge < -0.3 is 88.0 Å². The smallest absolute Gasteiger partial charge is 0.327 e. The third-order valence-electron chi connectivity index (χ3n) is 21.5. The highest BCUT2D eigenvalue weighted by atomic mass is 35.5. The molecule has 55 heteroatoms. The van der Waals surface area contributed by atoms with Crippen LogP contribution in [0.5, 0.6) is 0 Å². The molecule has 0 saturated carbocycles. The molecule has 0 bridgehead atoms. The molecule has 0 unspecified atom stereocenters. The van der Waals surface area contributed by atoms with Crippen molar-refractivity contribution >= 4 is 126 Å². The lowest BCUT2D eigenvalue weighted by Gasteiger charge is -2.33. The second-order valence-electron chi connectivity index (χ2n) is 30.3. The van der Waals surface area contributed by atoms with Crippen LogP contribution in [0.3, 0.4) is 0 Å². The number of ether oxygens (including phenoxy) is 8. The number of aliphatic hydroxyl groups excluding tert-OH is 1. The number of morpholine rings is 1. The summed E-state index contributed by atoms with van der Waals surface area (Å²) in [5, 5.41) is 33.4. The zero-order valence-electron chi connectivity index (χ0n) is 71.8. The summed E-state index contributed by atoms with van der Waals surface area (Å²) >= 11 is 17.7. The first-order valence-electron chi connectivity index (χ1n) is 42.0. The molecule has 0 atom stereocenters. The van der Waals surface area contributed by atoms with Crippen LogP contribution in [0.2, 0.25) is 15.7 Å². The van der Waals surface area contributed by atoms with E-state index in [1.165, 1.54) is 29.2 Å². The van der Waals surface area contributed by atoms with Gasteiger partial charge in [0.2, 0.25) is 22.4 Å². The van der Waals surface area contributed by atoms with Crippen LogP contribution in [0.4, 0.5) is 75.3 Å². The number of carbonyl (C=O) groups excluding carboxylic acids is 2. The number of amides is 2. The van der Waals surface area contributed by atoms with Gasteiger partial charge in [-0.25, -0.2) is 65.4 Å². The van der Waals surface area contributed by atoms with Crippen molar-refractivity contribution in [1.82, 2.24) is 74.0 Å². The first kappa shape index (κ1) is 102. The SMILES string of the molecule is N#CCC(N)=O.NC(=O)c1nnn(C2CCOCC2)c1N.Nc1c(Cl)nc(Cl)nc1N(N)C1CCOCC1.Nc1c(N(N)C2CCOCC2)[nH]c(=O)[nH]c1=O.Nc1c(N(N)C2CCOCC2)nc(Cl)nc1-n1c(C(F)F)nc2ccccc21.Nc1c(N(N)C2CCOCC2)nc(N2CCOCC2)nc1-n1c(C(F)F)nc2ccccc21.OC1CCOCC1.[N-]=[N+]=NC1CCOCC1. The van der Waals surface area contributed by atoms with E-state index in [9.17, 15) is 36.7 Å². The van der Waals surface area contributed by atoms with E-state index in [4.69, 9.17) is 146 Å². The average molecular weight is 1910 g/mol. The number of nitrogens with zero attached hydrogens (tertiary/aromatic N) is 22. The van der Waals surface area contributed by atoms with E-state index in [0.717, 1.165) is 90.6 Å². The molecule has 7 aromatic heterocycles. The van der Waals surface area contributed by atoms with Gasteiger partial charge in [-0.05, 0) is 143 Å². The van der Waals surface area contributed by atoms with Crippen LogP contribution in [0, 0.1) is 11.3 Å². The Morgan fingerprint density at radius 2 is 0.939 bits per heavy atom. The number of aliphatic hydroxyl groups is 1. The van der Waals surface area contributed by atoms with Crippen molar-refractivity contribution in [2.24, 2.45) is 40.0 Å². The summed E-state index contributed by atoms with van der Waals surface area (Å²) in [5.74, 6) is 24.2. The number of para-hydroxylation sites is 4. The van der Waals surface area contributed by atoms with Crippen molar-refractivity contribution in [1.29, 1.82) is 5.26 Å². The van der Waals surface area contributed by atoms with Gasteiger partial charge in [-0.15, -0.1) is 5.10 Å². The van der Waals surface area contributed by atoms with Crippen LogP contribution in [-0.4, -0.2) is 246 Å². The van der Waals surface area contributed by atoms with Crippen molar-refractivity contribution in [2.45, 2.75) is 152 Å². The van der Waals surface area contributed by atoms with Crippen LogP contribution in [-0.2, 0) is 42.7 Å². The number of H-pyrrole nitrogens is 2. The van der Waals surface area contributed by atoms with Crippen molar-refractivity contribution in [2.75, 3.05) is 172 Å². The number of fused-ring (bicyclic) bond motifs is 2. The number of halogens is 7. The number of aromatic nitrogens is 15. The van der Waals surface area contributed by atoms with Gasteiger partial charge in [0.25, 0.3) is 24.3 Å². The molecule has 25 N–H and O–H groups in total. The topological polar surface area (TPSA) is 713 Å². The predicted octanol–water partition coefficient (Wildman–Crippen LogP) is 4.94. The third-order valence-corrected chi connectivity index (χ3v) is 22.2. The molecular weight excluding hydrogens is 1810 g/mol. The highest BCUT2D eigenvalue weighted by molar-refractivity contribution is 6.34. The molecule has 8 fully saturated rings. The van der Waals surface area contributed by atoms with Crippen molar-refractivity contribution in [3.05, 3.63) is 113 Å². The summed E-state index contributed by atoms with van der Waals surface area (Å²) in [5.41, 5.74) is 48.4. The van der Waals surface area contributed by atoms with Gasteiger partial charge in [0.15, 0.2) is 63.2 Å². The van der Waals surface area contributed by atoms with E-state index in [-0.39, 0.29) is 122 Å². The number of hydrogen-bond donors (Lipinski definition) is 14. The van der Waals surface area contributed by atoms with Crippen LogP contribution >= 0.6 is 34.8 Å². The molecule has 48 nitrogen and oxygen atoms in total. The Hall–Kier alpha value is -11.7. The lowest BCUT2D eigenvalue weighted by Crippen LogP contribution is -2.47. The Balaban J connectivity index is 0.000000165. The number of aromatic amines is 2. The molecule has 15 heterocycles. The number of imidazole rings is 2. The highest BCUT2D eigenvalue weighted by Gasteiger charge is 2.34. The molecular formula is C77H108Cl3F4N35O13. The summed E-state index contributed by atoms with van der Waals surface area (Å²) in [6.45, 7) is 11.3. The number of nitrogen functional groups attached to an aromatic ring is 5. The fourth-order valence-electron chi connectivity index (χ4n) is 14.5. The number of alkyl halides is 4. The number of anilines is 10. The number of azide groups is 1. The first-order chi connectivity index (χ1) is 63.5. The molecule has 8 aliphatic heterocycles. The number of hydrazine groups is 4. The quantitative estimate of drug-likeness (QED) is 0.00839. The van der Waals surface area contributed by atoms with Gasteiger partial charge >= 0.3 is 5.69 Å². The van der Waals surface area contributed by atoms with Gasteiger partial charge in [-0.1, -0.05) is 46.2 Å². The standard InChI is InChI=1S/C21H26F2N8O2.C17H18ClF2N7O.C9H13Cl2N5O.C9H15N5O3.C8H13N5O2.C5H9N3O.C5H10O2.C3H4N2O/c22-17(23)20-26-14-3-1-2-4-15(14)30(20)18-16(24)19(31(25)13-5-9-32-10-6-13)28-21(27-18)29-7-11-33-12-8-29;18-17-24-14(12(21)15(25-17)27(22)9-5-7-28-8-6-9)26-11-4-2-1-3-10(11)23-16(26)13(19)20;10-7-6(12)8(15-9(11)14-7)16(13)5-1-3-17-4-2-5;10-6-7(12-9(16)13-8(6)15)14(11)5-1-3-17-4-2-5;9-7-6(8(10)14)11-12-13(7)5-1-3-15-4-2-5;6-8-7-5-1-3-9-4-2-5;6-5-1-3-7-4-2-5;4-2-1-3(5)6/h1-4,13,17H,5-12,24-25H2;1-4,9,13H,5-8,21-22H2;5H,1-4,12-13H2;5H,1-4,10-11H2,(H2,12,13,15,16);5H,1-4,9H2,(H2,10,14);5H,1-4H2;5-6H,1-4H2;1H2,(H2,5,6). The number of nitriles is 1. The fraction of sp³-hybridized carbons (Fsp3) is 0.545. The fourth-order valence-corrected chi connectivity index (χ4v) is 15.0. The van der Waals surface area contributed by atoms with Gasteiger partial charge in [-0.3, -0.25) is 53.5 Å². The van der Waals surface area contributed by atoms with E-state index in [0.29, 0.717) is 158 Å². The molecule has 132 heavy (non-hydrogen) atoms. The Morgan fingerprint density at radius 1 is 0.538 bits per heavy atom. The van der Waals surface area contributed by atoms with E-state index in [1.54, 1.807) is 59.3 Å². The number of nitrogens with two attached hydrogens (primary N) is 11. The Morgan fingerprint density at radius 3 is 1.35 bits per heavy atom. The minimum atomic E-state index is -2.84. The maximum absolute atomic E-state index is 14.0. The molecule has 718 valence electrons. The molecule has 0 spiro atoms. The summed E-state index contributed by atoms with van der Waals surface area (Å²) in [4.78, 5) is 85.7. The molecule has 8 saturated heterocycles. The number of nitrogens with one attached hydrogen (secondary N) is 2. The zero-order chi connectivity index (χ0) is 95.1. The van der Waals surface area contributed by atoms with E-state index in [1.807, 2.05) is 9.88 Å². The molecule has 9 aromatic rings. The highest BCUT2D eigenvalue weighted by Crippen LogP contribution is 2.39. The zero-order valence-corrected chi connectivity index (χ0v) is 74.1. The van der Waals surface area contributed by atoms with E-state index in [2.05, 4.69) is 70.9 Å². The van der Waals surface area contributed by atoms with Crippen LogP contribution in [0.15, 0.2) is 63.2 Å². The summed E-state index contributed by atoms with van der Waals surface area (Å²) in [6, 6.07) is 15.5. The van der Waals surface area contributed by atoms with Crippen molar-refractivity contribution in [3.8, 4) is 17.7 Å². The number of carbonyl (C=O) groups is 2. The Labute approximate surface area is 766 Å². The van der Waals surface area contributed by atoms with Gasteiger partial charge in [0.05, 0.1) is 77.7 Å². The Bertz CT molecular complexity index is 5440. The van der Waals surface area contributed by atoms with E-state index >= 15 is 0 Å². The largest absolute Gasteiger partial charge is 0.393 e. The maximum atomic E-state index is 14.0. The molecule has 8 aliphatic rings. The molecule has 2 aromatic carbocycles. The maximum Gasteiger partial charge on any atom is 0.327 e. The number of hydrogen-bond acceptors (Lipinski definition) is 39. The minimum absolute atomic E-state index is 0.00324. The molecule has 0 aliphatic carbocycles. The van der Waals surface area contributed by atoms with E-state index < -0.39 is 47.6 Å². The average Bonchev–Trinajstić information content (AvgIpc) is 1.57. The number of benzene rings is 2. The monoisotopic (exact) mass is 1910 g/mol. The number of primary amides is 2. The Kier molecular flexibility index (Phi) is 39.4. The van der Waals surface area contributed by atoms with Crippen LogP contribution < -0.4 is 99.7 Å². The number of rotatable bonds is 17. The van der Waals surface area contributed by atoms with Crippen molar-refractivity contribution < 1.29 is 70.2 Å². The summed E-state index contributed by atoms with van der Waals surface area (Å²) in [7, 11) is 0. The lowest BCUT2D eigenvalue weighted by molar-refractivity contribution is -0.117. The van der Waals surface area contributed by atoms with Gasteiger partial charge in [0.1, 0.15) is 29.2 Å². The normalized spacial score (nSPS) is 17.2. The molecule has 17 rings (SSSR count). The minimum Gasteiger partial charge on any atom is -0.393 e. The first-order valence-corrected chi connectivity index (χ1v) is 43.2. The second-order valence-corrected chi connectivity index (χ2v) is 31.3. The third kappa shape index (κ3) is 27.9.